The predicted molar refractivity (Wildman–Crippen MR) is 149 cm³/mol. The van der Waals surface area contributed by atoms with Crippen LogP contribution in [-0.2, 0) is 35.8 Å². The van der Waals surface area contributed by atoms with Crippen LogP contribution >= 0.6 is 0 Å². The molecule has 3 aromatic carbocycles. The average Bonchev–Trinajstić information content (AvgIpc) is 3.11. The molecule has 39 heavy (non-hydrogen) atoms. The number of carbonyl (C=O) groups excluding carboxylic acids is 1. The largest absolute Gasteiger partial charge is 0.363 e. The average molecular weight is 571 g/mol. The number of hydrogen-bond donors (Lipinski definition) is 0. The van der Waals surface area contributed by atoms with E-state index in [2.05, 4.69) is 0 Å². The van der Waals surface area contributed by atoms with Crippen molar-refractivity contribution in [1.29, 1.82) is 0 Å². The van der Waals surface area contributed by atoms with Crippen LogP contribution in [-0.4, -0.2) is 70.2 Å². The summed E-state index contributed by atoms with van der Waals surface area (Å²) in [6, 6.07) is 22.3. The zero-order valence-electron chi connectivity index (χ0n) is 22.2. The lowest BCUT2D eigenvalue weighted by Gasteiger charge is -2.31. The molecule has 0 radical (unpaired) electrons. The molecule has 1 saturated heterocycles. The van der Waals surface area contributed by atoms with Gasteiger partial charge in [-0.2, -0.15) is 4.31 Å². The first kappa shape index (κ1) is 28.9. The van der Waals surface area contributed by atoms with E-state index in [1.807, 2.05) is 44.2 Å². The second-order valence-electron chi connectivity index (χ2n) is 9.81. The molecule has 1 aliphatic rings. The molecule has 0 N–H and O–H groups in total. The quantitative estimate of drug-likeness (QED) is 0.369. The van der Waals surface area contributed by atoms with Crippen LogP contribution in [0.25, 0.3) is 0 Å². The number of amides is 1. The maximum absolute atomic E-state index is 13.3. The molecule has 0 saturated carbocycles. The lowest BCUT2D eigenvalue weighted by atomic mass is 10.0. The third-order valence-corrected chi connectivity index (χ3v) is 10.2. The summed E-state index contributed by atoms with van der Waals surface area (Å²) in [4.78, 5) is 15.2. The van der Waals surface area contributed by atoms with Crippen LogP contribution in [0.4, 0.5) is 0 Å². The van der Waals surface area contributed by atoms with Crippen molar-refractivity contribution in [3.63, 3.8) is 0 Å². The Kier molecular flexibility index (Phi) is 9.22. The van der Waals surface area contributed by atoms with Gasteiger partial charge in [0.15, 0.2) is 5.94 Å². The Morgan fingerprint density at radius 2 is 1.36 bits per heavy atom. The highest BCUT2D eigenvalue weighted by Crippen LogP contribution is 2.21. The van der Waals surface area contributed by atoms with Crippen molar-refractivity contribution in [3.8, 4) is 0 Å². The number of rotatable bonds is 10. The number of sulfone groups is 1. The van der Waals surface area contributed by atoms with Crippen LogP contribution in [0, 0.1) is 13.8 Å². The number of benzene rings is 3. The molecule has 0 aromatic heterocycles. The summed E-state index contributed by atoms with van der Waals surface area (Å²) in [6.45, 7) is 4.15. The van der Waals surface area contributed by atoms with Crippen LogP contribution in [0.2, 0.25) is 0 Å². The first-order valence-electron chi connectivity index (χ1n) is 12.8. The van der Waals surface area contributed by atoms with Crippen LogP contribution < -0.4 is 0 Å². The zero-order chi connectivity index (χ0) is 28.0. The van der Waals surface area contributed by atoms with E-state index in [4.69, 9.17) is 4.74 Å². The van der Waals surface area contributed by atoms with Gasteiger partial charge in [0.05, 0.1) is 22.4 Å². The third kappa shape index (κ3) is 7.33. The SMILES string of the molecule is Cc1ccc(S(=O)(=O)COCC(Cc2ccccc2)N2CCN(S(=O)(=O)c3ccc(C)cc3)CCC2=O)cc1. The highest BCUT2D eigenvalue weighted by atomic mass is 32.2. The van der Waals surface area contributed by atoms with Gasteiger partial charge >= 0.3 is 0 Å². The molecule has 8 nitrogen and oxygen atoms in total. The molecular weight excluding hydrogens is 536 g/mol. The molecule has 3 aromatic rings. The standard InChI is InChI=1S/C29H34N2O6S2/c1-23-8-12-27(13-9-23)38(33,34)22-37-21-26(20-25-6-4-3-5-7-25)31-19-18-30(17-16-29(31)32)39(35,36)28-14-10-24(2)11-15-28/h3-15,26H,16-22H2,1-2H3. The highest BCUT2D eigenvalue weighted by Gasteiger charge is 2.33. The minimum absolute atomic E-state index is 0.00353. The van der Waals surface area contributed by atoms with Crippen molar-refractivity contribution >= 4 is 25.8 Å². The Hall–Kier alpha value is -3.05. The lowest BCUT2D eigenvalue weighted by Crippen LogP contribution is -2.45. The van der Waals surface area contributed by atoms with Gasteiger partial charge in [-0.15, -0.1) is 0 Å². The van der Waals surface area contributed by atoms with Gasteiger partial charge in [-0.25, -0.2) is 16.8 Å². The molecule has 0 spiro atoms. The summed E-state index contributed by atoms with van der Waals surface area (Å²) < 4.78 is 59.2. The highest BCUT2D eigenvalue weighted by molar-refractivity contribution is 7.91. The molecule has 10 heteroatoms. The van der Waals surface area contributed by atoms with Gasteiger partial charge < -0.3 is 9.64 Å². The number of hydrogen-bond acceptors (Lipinski definition) is 6. The van der Waals surface area contributed by atoms with E-state index in [0.717, 1.165) is 16.7 Å². The summed E-state index contributed by atoms with van der Waals surface area (Å²) in [5.74, 6) is -0.709. The first-order valence-corrected chi connectivity index (χ1v) is 15.9. The second-order valence-corrected chi connectivity index (χ2v) is 13.7. The second kappa shape index (κ2) is 12.4. The van der Waals surface area contributed by atoms with Gasteiger partial charge in [0.25, 0.3) is 0 Å². The van der Waals surface area contributed by atoms with Gasteiger partial charge in [-0.3, -0.25) is 4.79 Å². The minimum atomic E-state index is -3.76. The zero-order valence-corrected chi connectivity index (χ0v) is 23.8. The maximum atomic E-state index is 13.3. The summed E-state index contributed by atoms with van der Waals surface area (Å²) in [6.07, 6.45) is 0.472. The number of sulfonamides is 1. The first-order chi connectivity index (χ1) is 18.6. The van der Waals surface area contributed by atoms with E-state index in [0.29, 0.717) is 6.42 Å². The van der Waals surface area contributed by atoms with E-state index in [1.54, 1.807) is 53.4 Å². The maximum Gasteiger partial charge on any atom is 0.243 e. The summed E-state index contributed by atoms with van der Waals surface area (Å²) >= 11 is 0. The monoisotopic (exact) mass is 570 g/mol. The molecule has 1 fully saturated rings. The van der Waals surface area contributed by atoms with E-state index in [-0.39, 0.29) is 48.4 Å². The lowest BCUT2D eigenvalue weighted by molar-refractivity contribution is -0.133. The van der Waals surface area contributed by atoms with Crippen LogP contribution in [0.3, 0.4) is 0 Å². The molecule has 1 atom stereocenters. The number of aryl methyl sites for hydroxylation is 2. The van der Waals surface area contributed by atoms with Crippen molar-refractivity contribution in [2.75, 3.05) is 32.2 Å². The molecule has 4 rings (SSSR count). The molecule has 1 heterocycles. The molecule has 0 aliphatic carbocycles. The molecule has 1 amide bonds. The third-order valence-electron chi connectivity index (χ3n) is 6.83. The Balaban J connectivity index is 1.49. The number of carbonyl (C=O) groups is 1. The van der Waals surface area contributed by atoms with Crippen LogP contribution in [0.5, 0.6) is 0 Å². The van der Waals surface area contributed by atoms with Crippen molar-refractivity contribution in [3.05, 3.63) is 95.6 Å². The van der Waals surface area contributed by atoms with E-state index in [9.17, 15) is 21.6 Å². The fourth-order valence-corrected chi connectivity index (χ4v) is 6.99. The molecular formula is C29H34N2O6S2. The van der Waals surface area contributed by atoms with Gasteiger partial charge in [0.2, 0.25) is 25.8 Å². The smallest absolute Gasteiger partial charge is 0.243 e. The summed E-state index contributed by atoms with van der Waals surface area (Å²) in [7, 11) is -7.43. The van der Waals surface area contributed by atoms with E-state index >= 15 is 0 Å². The van der Waals surface area contributed by atoms with Crippen LogP contribution in [0.1, 0.15) is 23.1 Å². The van der Waals surface area contributed by atoms with Gasteiger partial charge in [0, 0.05) is 26.1 Å². The summed E-state index contributed by atoms with van der Waals surface area (Å²) in [5, 5.41) is 0. The van der Waals surface area contributed by atoms with Crippen molar-refractivity contribution < 1.29 is 26.4 Å². The molecule has 0 bridgehead atoms. The Morgan fingerprint density at radius 3 is 1.97 bits per heavy atom. The molecule has 208 valence electrons. The number of ether oxygens (including phenoxy) is 1. The number of nitrogens with zero attached hydrogens (tertiary/aromatic N) is 2. The minimum Gasteiger partial charge on any atom is -0.363 e. The fourth-order valence-electron chi connectivity index (χ4n) is 4.56. The Labute approximate surface area is 231 Å². The Morgan fingerprint density at radius 1 is 0.769 bits per heavy atom. The Bertz CT molecular complexity index is 1470. The van der Waals surface area contributed by atoms with Gasteiger partial charge in [0.1, 0.15) is 0 Å². The molecule has 1 unspecified atom stereocenters. The van der Waals surface area contributed by atoms with Gasteiger partial charge in [-0.1, -0.05) is 65.7 Å². The fraction of sp³-hybridized carbons (Fsp3) is 0.345. The van der Waals surface area contributed by atoms with Crippen molar-refractivity contribution in [2.24, 2.45) is 0 Å². The van der Waals surface area contributed by atoms with Crippen molar-refractivity contribution in [1.82, 2.24) is 9.21 Å². The van der Waals surface area contributed by atoms with E-state index < -0.39 is 31.8 Å². The molecule has 1 aliphatic heterocycles. The predicted octanol–water partition coefficient (Wildman–Crippen LogP) is 3.59. The van der Waals surface area contributed by atoms with Crippen molar-refractivity contribution in [2.45, 2.75) is 42.5 Å². The van der Waals surface area contributed by atoms with Crippen LogP contribution in [0.15, 0.2) is 88.7 Å². The van der Waals surface area contributed by atoms with Gasteiger partial charge in [-0.05, 0) is 50.1 Å². The van der Waals surface area contributed by atoms with E-state index in [1.165, 1.54) is 4.31 Å². The normalized spacial score (nSPS) is 16.2. The summed E-state index contributed by atoms with van der Waals surface area (Å²) in [5.41, 5.74) is 2.88. The topological polar surface area (TPSA) is 101 Å².